The molecule has 100 valence electrons. The fraction of sp³-hybridized carbons (Fsp3) is 0.571. The molecule has 0 aliphatic heterocycles. The van der Waals surface area contributed by atoms with E-state index in [2.05, 4.69) is 5.32 Å². The molecule has 0 spiro atoms. The highest BCUT2D eigenvalue weighted by Crippen LogP contribution is 2.32. The Labute approximate surface area is 118 Å². The van der Waals surface area contributed by atoms with E-state index in [1.165, 1.54) is 31.4 Å². The summed E-state index contributed by atoms with van der Waals surface area (Å²) in [5.74, 6) is 1.77. The second kappa shape index (κ2) is 6.74. The molecule has 2 atom stereocenters. The van der Waals surface area contributed by atoms with Crippen LogP contribution in [-0.4, -0.2) is 12.4 Å². The summed E-state index contributed by atoms with van der Waals surface area (Å²) in [6.07, 6.45) is 3.77. The lowest BCUT2D eigenvalue weighted by Crippen LogP contribution is -2.25. The second-order valence-corrected chi connectivity index (χ2v) is 5.69. The van der Waals surface area contributed by atoms with Crippen LogP contribution in [0.25, 0.3) is 0 Å². The fourth-order valence-electron chi connectivity index (χ4n) is 2.64. The Bertz CT molecular complexity index is 397. The van der Waals surface area contributed by atoms with Crippen LogP contribution in [0.15, 0.2) is 18.2 Å². The lowest BCUT2D eigenvalue weighted by Gasteiger charge is -2.17. The van der Waals surface area contributed by atoms with Gasteiger partial charge in [0, 0.05) is 17.4 Å². The van der Waals surface area contributed by atoms with Crippen LogP contribution >= 0.6 is 23.2 Å². The summed E-state index contributed by atoms with van der Waals surface area (Å²) >= 11 is 11.9. The fourth-order valence-corrected chi connectivity index (χ4v) is 3.28. The highest BCUT2D eigenvalue weighted by Gasteiger charge is 2.25. The molecule has 1 fully saturated rings. The summed E-state index contributed by atoms with van der Waals surface area (Å²) in [5.41, 5.74) is 0.943. The molecule has 1 aliphatic rings. The standard InChI is InChI=1S/C14H18Cl2FN/c15-7-10-2-1-3-11(10)8-18-9-12-4-5-13(17)6-14(12)16/h4-6,10-11,18H,1-3,7-9H2. The molecule has 0 saturated heterocycles. The van der Waals surface area contributed by atoms with E-state index >= 15 is 0 Å². The molecule has 0 amide bonds. The number of rotatable bonds is 5. The Balaban J connectivity index is 1.81. The lowest BCUT2D eigenvalue weighted by atomic mass is 9.98. The first-order chi connectivity index (χ1) is 8.70. The van der Waals surface area contributed by atoms with Gasteiger partial charge in [0.1, 0.15) is 5.82 Å². The molecule has 1 saturated carbocycles. The van der Waals surface area contributed by atoms with Crippen LogP contribution in [0.3, 0.4) is 0 Å². The van der Waals surface area contributed by atoms with Crippen molar-refractivity contribution < 1.29 is 4.39 Å². The van der Waals surface area contributed by atoms with Crippen molar-refractivity contribution >= 4 is 23.2 Å². The van der Waals surface area contributed by atoms with Gasteiger partial charge in [0.2, 0.25) is 0 Å². The van der Waals surface area contributed by atoms with E-state index in [-0.39, 0.29) is 5.82 Å². The molecule has 0 heterocycles. The van der Waals surface area contributed by atoms with Crippen LogP contribution < -0.4 is 5.32 Å². The number of hydrogen-bond acceptors (Lipinski definition) is 1. The predicted octanol–water partition coefficient (Wildman–Crippen LogP) is 4.22. The number of nitrogens with one attached hydrogen (secondary N) is 1. The van der Waals surface area contributed by atoms with Gasteiger partial charge in [-0.1, -0.05) is 24.1 Å². The predicted molar refractivity (Wildman–Crippen MR) is 74.7 cm³/mol. The smallest absolute Gasteiger partial charge is 0.124 e. The van der Waals surface area contributed by atoms with Gasteiger partial charge in [-0.05, 0) is 48.9 Å². The first kappa shape index (κ1) is 14.1. The molecule has 0 bridgehead atoms. The van der Waals surface area contributed by atoms with Gasteiger partial charge in [0.25, 0.3) is 0 Å². The average Bonchev–Trinajstić information content (AvgIpc) is 2.79. The van der Waals surface area contributed by atoms with Crippen molar-refractivity contribution in [2.24, 2.45) is 11.8 Å². The Hall–Kier alpha value is -0.310. The quantitative estimate of drug-likeness (QED) is 0.800. The molecule has 4 heteroatoms. The van der Waals surface area contributed by atoms with Crippen molar-refractivity contribution in [3.8, 4) is 0 Å². The molecule has 1 aromatic rings. The highest BCUT2D eigenvalue weighted by atomic mass is 35.5. The maximum Gasteiger partial charge on any atom is 0.124 e. The van der Waals surface area contributed by atoms with E-state index in [1.807, 2.05) is 0 Å². The third kappa shape index (κ3) is 3.59. The van der Waals surface area contributed by atoms with E-state index in [4.69, 9.17) is 23.2 Å². The number of alkyl halides is 1. The van der Waals surface area contributed by atoms with Crippen molar-refractivity contribution in [3.05, 3.63) is 34.6 Å². The Kier molecular flexibility index (Phi) is 5.28. The Morgan fingerprint density at radius 2 is 2.06 bits per heavy atom. The van der Waals surface area contributed by atoms with Crippen LogP contribution in [0, 0.1) is 17.7 Å². The van der Waals surface area contributed by atoms with Crippen molar-refractivity contribution in [3.63, 3.8) is 0 Å². The van der Waals surface area contributed by atoms with Crippen LogP contribution in [0.2, 0.25) is 5.02 Å². The minimum Gasteiger partial charge on any atom is -0.312 e. The van der Waals surface area contributed by atoms with E-state index < -0.39 is 0 Å². The van der Waals surface area contributed by atoms with Crippen molar-refractivity contribution in [1.29, 1.82) is 0 Å². The van der Waals surface area contributed by atoms with Gasteiger partial charge < -0.3 is 5.32 Å². The summed E-state index contributed by atoms with van der Waals surface area (Å²) in [7, 11) is 0. The molecule has 1 aromatic carbocycles. The summed E-state index contributed by atoms with van der Waals surface area (Å²) in [6.45, 7) is 1.65. The van der Waals surface area contributed by atoms with E-state index in [0.29, 0.717) is 23.4 Å². The van der Waals surface area contributed by atoms with Gasteiger partial charge in [0.05, 0.1) is 0 Å². The second-order valence-electron chi connectivity index (χ2n) is 4.97. The van der Waals surface area contributed by atoms with Gasteiger partial charge in [-0.3, -0.25) is 0 Å². The zero-order valence-electron chi connectivity index (χ0n) is 10.3. The van der Waals surface area contributed by atoms with E-state index in [1.54, 1.807) is 6.07 Å². The third-order valence-corrected chi connectivity index (χ3v) is 4.50. The SMILES string of the molecule is Fc1ccc(CNCC2CCCC2CCl)c(Cl)c1. The molecule has 1 aliphatic carbocycles. The van der Waals surface area contributed by atoms with Gasteiger partial charge in [-0.15, -0.1) is 11.6 Å². The van der Waals surface area contributed by atoms with Gasteiger partial charge in [0.15, 0.2) is 0 Å². The third-order valence-electron chi connectivity index (χ3n) is 3.75. The first-order valence-electron chi connectivity index (χ1n) is 6.41. The topological polar surface area (TPSA) is 12.0 Å². The van der Waals surface area contributed by atoms with Gasteiger partial charge in [-0.25, -0.2) is 4.39 Å². The molecule has 0 radical (unpaired) electrons. The maximum absolute atomic E-state index is 12.9. The zero-order valence-corrected chi connectivity index (χ0v) is 11.8. The van der Waals surface area contributed by atoms with Crippen molar-refractivity contribution in [2.75, 3.05) is 12.4 Å². The number of hydrogen-bond donors (Lipinski definition) is 1. The molecule has 1 nitrogen and oxygen atoms in total. The largest absolute Gasteiger partial charge is 0.312 e. The van der Waals surface area contributed by atoms with Gasteiger partial charge >= 0.3 is 0 Å². The molecular weight excluding hydrogens is 272 g/mol. The summed E-state index contributed by atoms with van der Waals surface area (Å²) in [5, 5.41) is 3.89. The summed E-state index contributed by atoms with van der Waals surface area (Å²) in [6, 6.07) is 4.54. The number of halogens is 3. The van der Waals surface area contributed by atoms with Crippen molar-refractivity contribution in [1.82, 2.24) is 5.32 Å². The highest BCUT2D eigenvalue weighted by molar-refractivity contribution is 6.31. The molecule has 2 unspecified atom stereocenters. The number of benzene rings is 1. The molecular formula is C14H18Cl2FN. The van der Waals surface area contributed by atoms with Crippen LogP contribution in [0.4, 0.5) is 4.39 Å². The van der Waals surface area contributed by atoms with Crippen LogP contribution in [0.5, 0.6) is 0 Å². The molecule has 1 N–H and O–H groups in total. The van der Waals surface area contributed by atoms with Crippen molar-refractivity contribution in [2.45, 2.75) is 25.8 Å². The van der Waals surface area contributed by atoms with E-state index in [9.17, 15) is 4.39 Å². The molecule has 18 heavy (non-hydrogen) atoms. The zero-order chi connectivity index (χ0) is 13.0. The van der Waals surface area contributed by atoms with E-state index in [0.717, 1.165) is 18.0 Å². The monoisotopic (exact) mass is 289 g/mol. The van der Waals surface area contributed by atoms with Gasteiger partial charge in [-0.2, -0.15) is 0 Å². The molecule has 0 aromatic heterocycles. The summed E-state index contributed by atoms with van der Waals surface area (Å²) in [4.78, 5) is 0. The maximum atomic E-state index is 12.9. The average molecular weight is 290 g/mol. The summed E-state index contributed by atoms with van der Waals surface area (Å²) < 4.78 is 12.9. The Morgan fingerprint density at radius 3 is 2.78 bits per heavy atom. The minimum atomic E-state index is -0.290. The lowest BCUT2D eigenvalue weighted by molar-refractivity contribution is 0.395. The Morgan fingerprint density at radius 1 is 1.28 bits per heavy atom. The van der Waals surface area contributed by atoms with Crippen LogP contribution in [0.1, 0.15) is 24.8 Å². The normalized spacial score (nSPS) is 23.5. The minimum absolute atomic E-state index is 0.290. The van der Waals surface area contributed by atoms with Crippen LogP contribution in [-0.2, 0) is 6.54 Å². The first-order valence-corrected chi connectivity index (χ1v) is 7.32. The molecule has 2 rings (SSSR count).